The standard InChI is InChI=1S/C13H18ClNO/c1-9-2-3-10(14)8-13(9)15-11-4-6-12(16)7-5-11/h2-3,8,11-12,15-16H,4-7H2,1H3. The summed E-state index contributed by atoms with van der Waals surface area (Å²) in [6, 6.07) is 6.39. The molecule has 2 N–H and O–H groups in total. The van der Waals surface area contributed by atoms with Crippen molar-refractivity contribution in [1.29, 1.82) is 0 Å². The van der Waals surface area contributed by atoms with Crippen molar-refractivity contribution in [2.24, 2.45) is 0 Å². The molecule has 0 unspecified atom stereocenters. The Hall–Kier alpha value is -0.730. The van der Waals surface area contributed by atoms with E-state index < -0.39 is 0 Å². The molecule has 0 heterocycles. The normalized spacial score (nSPS) is 25.4. The van der Waals surface area contributed by atoms with Crippen LogP contribution in [0, 0.1) is 6.92 Å². The van der Waals surface area contributed by atoms with E-state index in [1.165, 1.54) is 5.56 Å². The molecule has 0 bridgehead atoms. The fourth-order valence-corrected chi connectivity index (χ4v) is 2.36. The summed E-state index contributed by atoms with van der Waals surface area (Å²) in [5.74, 6) is 0. The monoisotopic (exact) mass is 239 g/mol. The third-order valence-electron chi connectivity index (χ3n) is 3.26. The van der Waals surface area contributed by atoms with E-state index in [4.69, 9.17) is 11.6 Å². The average molecular weight is 240 g/mol. The van der Waals surface area contributed by atoms with Gasteiger partial charge in [-0.3, -0.25) is 0 Å². The van der Waals surface area contributed by atoms with Crippen LogP contribution in [0.25, 0.3) is 0 Å². The van der Waals surface area contributed by atoms with E-state index in [1.807, 2.05) is 18.2 Å². The second kappa shape index (κ2) is 5.07. The molecule has 0 saturated heterocycles. The minimum atomic E-state index is -0.0986. The summed E-state index contributed by atoms with van der Waals surface area (Å²) in [6.07, 6.45) is 3.77. The van der Waals surface area contributed by atoms with E-state index in [-0.39, 0.29) is 6.10 Å². The Morgan fingerprint density at radius 2 is 1.94 bits per heavy atom. The number of halogens is 1. The molecule has 88 valence electrons. The van der Waals surface area contributed by atoms with Crippen LogP contribution in [-0.4, -0.2) is 17.3 Å². The Kier molecular flexibility index (Phi) is 3.72. The first-order chi connectivity index (χ1) is 7.65. The largest absolute Gasteiger partial charge is 0.393 e. The number of aliphatic hydroxyl groups excluding tert-OH is 1. The van der Waals surface area contributed by atoms with Gasteiger partial charge in [0, 0.05) is 16.8 Å². The van der Waals surface area contributed by atoms with Crippen LogP contribution in [0.4, 0.5) is 5.69 Å². The molecule has 0 radical (unpaired) electrons. The second-order valence-corrected chi connectivity index (χ2v) is 5.05. The van der Waals surface area contributed by atoms with Crippen LogP contribution in [0.1, 0.15) is 31.2 Å². The maximum Gasteiger partial charge on any atom is 0.0541 e. The van der Waals surface area contributed by atoms with Crippen LogP contribution in [0.5, 0.6) is 0 Å². The SMILES string of the molecule is Cc1ccc(Cl)cc1NC1CCC(O)CC1. The van der Waals surface area contributed by atoms with Crippen LogP contribution >= 0.6 is 11.6 Å². The minimum Gasteiger partial charge on any atom is -0.393 e. The molecule has 0 amide bonds. The summed E-state index contributed by atoms with van der Waals surface area (Å²) in [6.45, 7) is 2.08. The van der Waals surface area contributed by atoms with E-state index >= 15 is 0 Å². The number of benzene rings is 1. The summed E-state index contributed by atoms with van der Waals surface area (Å²) < 4.78 is 0. The van der Waals surface area contributed by atoms with Crippen molar-refractivity contribution in [3.05, 3.63) is 28.8 Å². The van der Waals surface area contributed by atoms with Crippen LogP contribution in [0.2, 0.25) is 5.02 Å². The van der Waals surface area contributed by atoms with Crippen molar-refractivity contribution in [2.75, 3.05) is 5.32 Å². The Morgan fingerprint density at radius 1 is 1.25 bits per heavy atom. The molecule has 0 aliphatic heterocycles. The van der Waals surface area contributed by atoms with Gasteiger partial charge in [-0.1, -0.05) is 17.7 Å². The lowest BCUT2D eigenvalue weighted by atomic mass is 9.93. The van der Waals surface area contributed by atoms with Gasteiger partial charge in [-0.15, -0.1) is 0 Å². The number of aliphatic hydroxyl groups is 1. The molecule has 1 aromatic carbocycles. The topological polar surface area (TPSA) is 32.3 Å². The molecule has 2 rings (SSSR count). The highest BCUT2D eigenvalue weighted by atomic mass is 35.5. The summed E-state index contributed by atoms with van der Waals surface area (Å²) in [7, 11) is 0. The van der Waals surface area contributed by atoms with Crippen molar-refractivity contribution < 1.29 is 5.11 Å². The Morgan fingerprint density at radius 3 is 2.62 bits per heavy atom. The van der Waals surface area contributed by atoms with Crippen molar-refractivity contribution in [1.82, 2.24) is 0 Å². The first-order valence-electron chi connectivity index (χ1n) is 5.86. The maximum atomic E-state index is 9.44. The zero-order valence-electron chi connectivity index (χ0n) is 9.54. The fraction of sp³-hybridized carbons (Fsp3) is 0.538. The number of nitrogens with one attached hydrogen (secondary N) is 1. The number of aryl methyl sites for hydroxylation is 1. The summed E-state index contributed by atoms with van der Waals surface area (Å²) >= 11 is 5.98. The molecule has 1 aliphatic carbocycles. The molecule has 3 heteroatoms. The molecular weight excluding hydrogens is 222 g/mol. The van der Waals surface area contributed by atoms with Gasteiger partial charge in [0.05, 0.1) is 6.10 Å². The van der Waals surface area contributed by atoms with Gasteiger partial charge < -0.3 is 10.4 Å². The zero-order chi connectivity index (χ0) is 11.5. The Labute approximate surface area is 102 Å². The molecule has 2 nitrogen and oxygen atoms in total. The molecule has 16 heavy (non-hydrogen) atoms. The average Bonchev–Trinajstić information content (AvgIpc) is 2.27. The highest BCUT2D eigenvalue weighted by Gasteiger charge is 2.19. The quantitative estimate of drug-likeness (QED) is 0.830. The molecule has 0 atom stereocenters. The van der Waals surface area contributed by atoms with Crippen molar-refractivity contribution in [3.63, 3.8) is 0 Å². The predicted octanol–water partition coefficient (Wildman–Crippen LogP) is 3.36. The van der Waals surface area contributed by atoms with Crippen LogP contribution < -0.4 is 5.32 Å². The van der Waals surface area contributed by atoms with E-state index in [0.29, 0.717) is 6.04 Å². The first kappa shape index (κ1) is 11.7. The zero-order valence-corrected chi connectivity index (χ0v) is 10.3. The van der Waals surface area contributed by atoms with Crippen LogP contribution in [0.15, 0.2) is 18.2 Å². The number of hydrogen-bond donors (Lipinski definition) is 2. The van der Waals surface area contributed by atoms with Gasteiger partial charge in [-0.25, -0.2) is 0 Å². The summed E-state index contributed by atoms with van der Waals surface area (Å²) in [5.41, 5.74) is 2.34. The molecule has 1 fully saturated rings. The molecule has 1 aliphatic rings. The van der Waals surface area contributed by atoms with Crippen molar-refractivity contribution >= 4 is 17.3 Å². The van der Waals surface area contributed by atoms with E-state index in [9.17, 15) is 5.11 Å². The lowest BCUT2D eigenvalue weighted by Gasteiger charge is -2.27. The van der Waals surface area contributed by atoms with Gasteiger partial charge in [0.2, 0.25) is 0 Å². The predicted molar refractivity (Wildman–Crippen MR) is 68.1 cm³/mol. The molecular formula is C13H18ClNO. The highest BCUT2D eigenvalue weighted by Crippen LogP contribution is 2.25. The Bertz CT molecular complexity index is 359. The molecule has 0 spiro atoms. The number of anilines is 1. The second-order valence-electron chi connectivity index (χ2n) is 4.61. The lowest BCUT2D eigenvalue weighted by Crippen LogP contribution is -2.28. The van der Waals surface area contributed by atoms with Gasteiger partial charge in [0.15, 0.2) is 0 Å². The van der Waals surface area contributed by atoms with Gasteiger partial charge in [0.25, 0.3) is 0 Å². The lowest BCUT2D eigenvalue weighted by molar-refractivity contribution is 0.126. The summed E-state index contributed by atoms with van der Waals surface area (Å²) in [5, 5.41) is 13.7. The van der Waals surface area contributed by atoms with Crippen molar-refractivity contribution in [2.45, 2.75) is 44.8 Å². The van der Waals surface area contributed by atoms with Gasteiger partial charge in [0.1, 0.15) is 0 Å². The van der Waals surface area contributed by atoms with E-state index in [2.05, 4.69) is 12.2 Å². The number of hydrogen-bond acceptors (Lipinski definition) is 2. The summed E-state index contributed by atoms with van der Waals surface area (Å²) in [4.78, 5) is 0. The number of rotatable bonds is 2. The van der Waals surface area contributed by atoms with E-state index in [0.717, 1.165) is 36.4 Å². The third-order valence-corrected chi connectivity index (χ3v) is 3.49. The van der Waals surface area contributed by atoms with E-state index in [1.54, 1.807) is 0 Å². The molecule has 1 aromatic rings. The Balaban J connectivity index is 2.00. The van der Waals surface area contributed by atoms with Gasteiger partial charge in [-0.05, 0) is 50.3 Å². The molecule has 1 saturated carbocycles. The van der Waals surface area contributed by atoms with Gasteiger partial charge >= 0.3 is 0 Å². The fourth-order valence-electron chi connectivity index (χ4n) is 2.19. The maximum absolute atomic E-state index is 9.44. The van der Waals surface area contributed by atoms with Crippen molar-refractivity contribution in [3.8, 4) is 0 Å². The van der Waals surface area contributed by atoms with Crippen LogP contribution in [-0.2, 0) is 0 Å². The third kappa shape index (κ3) is 2.89. The first-order valence-corrected chi connectivity index (χ1v) is 6.23. The molecule has 0 aromatic heterocycles. The minimum absolute atomic E-state index is 0.0986. The smallest absolute Gasteiger partial charge is 0.0541 e. The van der Waals surface area contributed by atoms with Crippen LogP contribution in [0.3, 0.4) is 0 Å². The van der Waals surface area contributed by atoms with Gasteiger partial charge in [-0.2, -0.15) is 0 Å². The highest BCUT2D eigenvalue weighted by molar-refractivity contribution is 6.30.